The van der Waals surface area contributed by atoms with Gasteiger partial charge in [-0.2, -0.15) is 0 Å². The molecule has 0 aliphatic carbocycles. The molecule has 0 saturated carbocycles. The second-order valence-electron chi connectivity index (χ2n) is 5.88. The molecule has 0 aromatic carbocycles. The van der Waals surface area contributed by atoms with Crippen LogP contribution >= 0.6 is 0 Å². The molecule has 6 nitrogen and oxygen atoms in total. The normalized spacial score (nSPS) is 16.7. The van der Waals surface area contributed by atoms with Crippen molar-refractivity contribution in [3.8, 4) is 22.8 Å². The molecule has 0 radical (unpaired) electrons. The van der Waals surface area contributed by atoms with Gasteiger partial charge in [-0.25, -0.2) is 13.8 Å². The van der Waals surface area contributed by atoms with Gasteiger partial charge in [-0.3, -0.25) is 9.78 Å². The number of halogens is 2. The molecule has 26 heavy (non-hydrogen) atoms. The number of carbonyl (C=O) groups excluding carboxylic acids is 1. The van der Waals surface area contributed by atoms with Crippen molar-refractivity contribution in [3.05, 3.63) is 35.8 Å². The Bertz CT molecular complexity index is 780. The molecule has 0 unspecified atom stereocenters. The highest BCUT2D eigenvalue weighted by atomic mass is 19.3. The summed E-state index contributed by atoms with van der Waals surface area (Å²) in [6.45, 7) is 1.78. The highest BCUT2D eigenvalue weighted by Crippen LogP contribution is 2.35. The summed E-state index contributed by atoms with van der Waals surface area (Å²) in [7, 11) is 1.40. The molecule has 0 bridgehead atoms. The second kappa shape index (κ2) is 8.18. The maximum atomic E-state index is 13.0. The second-order valence-corrected chi connectivity index (χ2v) is 5.88. The van der Waals surface area contributed by atoms with E-state index in [0.717, 1.165) is 6.42 Å². The fourth-order valence-electron chi connectivity index (χ4n) is 2.72. The molecule has 1 fully saturated rings. The van der Waals surface area contributed by atoms with Gasteiger partial charge >= 0.3 is 0 Å². The standard InChI is InChI=1S/C18H18F2N2O4/c1-24-16-7-21-15(18(19)20)4-14(16)13-5-17(22-6-12(13)8-23)26-10-11-2-3-25-9-11/h4-8,11,18H,2-3,9-10H2,1H3/t11-/m1/s1. The molecule has 1 aliphatic rings. The number of methoxy groups -OCH3 is 1. The van der Waals surface area contributed by atoms with Gasteiger partial charge in [0.15, 0.2) is 6.29 Å². The van der Waals surface area contributed by atoms with Crippen molar-refractivity contribution in [2.45, 2.75) is 12.8 Å². The van der Waals surface area contributed by atoms with Crippen LogP contribution in [-0.2, 0) is 4.74 Å². The topological polar surface area (TPSA) is 70.5 Å². The number of aromatic nitrogens is 2. The van der Waals surface area contributed by atoms with Gasteiger partial charge in [0.2, 0.25) is 5.88 Å². The number of carbonyl (C=O) groups is 1. The summed E-state index contributed by atoms with van der Waals surface area (Å²) in [5, 5.41) is 0. The van der Waals surface area contributed by atoms with Crippen molar-refractivity contribution in [1.82, 2.24) is 9.97 Å². The molecule has 1 saturated heterocycles. The van der Waals surface area contributed by atoms with E-state index in [1.807, 2.05) is 0 Å². The Kier molecular flexibility index (Phi) is 5.72. The van der Waals surface area contributed by atoms with Crippen LogP contribution in [0.25, 0.3) is 11.1 Å². The van der Waals surface area contributed by atoms with E-state index in [9.17, 15) is 13.6 Å². The Hall–Kier alpha value is -2.61. The SMILES string of the molecule is COc1cnc(C(F)F)cc1-c1cc(OC[C@@H]2CCOC2)ncc1C=O. The van der Waals surface area contributed by atoms with E-state index in [0.29, 0.717) is 43.1 Å². The number of nitrogens with zero attached hydrogens (tertiary/aromatic N) is 2. The summed E-state index contributed by atoms with van der Waals surface area (Å²) in [5.74, 6) is 0.862. The molecule has 0 spiro atoms. The molecule has 0 amide bonds. The number of hydrogen-bond donors (Lipinski definition) is 0. The van der Waals surface area contributed by atoms with Gasteiger partial charge in [-0.15, -0.1) is 0 Å². The monoisotopic (exact) mass is 364 g/mol. The molecule has 1 aliphatic heterocycles. The summed E-state index contributed by atoms with van der Waals surface area (Å²) < 4.78 is 42.3. The van der Waals surface area contributed by atoms with Crippen LogP contribution in [0.15, 0.2) is 24.5 Å². The van der Waals surface area contributed by atoms with E-state index in [1.165, 1.54) is 25.6 Å². The smallest absolute Gasteiger partial charge is 0.280 e. The Morgan fingerprint density at radius 3 is 2.81 bits per heavy atom. The Balaban J connectivity index is 1.95. The number of aldehydes is 1. The quantitative estimate of drug-likeness (QED) is 0.702. The zero-order chi connectivity index (χ0) is 18.5. The predicted molar refractivity (Wildman–Crippen MR) is 88.8 cm³/mol. The minimum Gasteiger partial charge on any atom is -0.494 e. The van der Waals surface area contributed by atoms with Gasteiger partial charge < -0.3 is 14.2 Å². The largest absolute Gasteiger partial charge is 0.494 e. The van der Waals surface area contributed by atoms with Gasteiger partial charge in [-0.1, -0.05) is 0 Å². The van der Waals surface area contributed by atoms with Crippen molar-refractivity contribution < 1.29 is 27.8 Å². The lowest BCUT2D eigenvalue weighted by Crippen LogP contribution is -2.12. The minimum atomic E-state index is -2.74. The third-order valence-corrected chi connectivity index (χ3v) is 4.15. The van der Waals surface area contributed by atoms with Crippen LogP contribution in [0.5, 0.6) is 11.6 Å². The number of alkyl halides is 2. The third kappa shape index (κ3) is 3.96. The van der Waals surface area contributed by atoms with Crippen LogP contribution in [0.4, 0.5) is 8.78 Å². The van der Waals surface area contributed by atoms with Crippen LogP contribution in [0.1, 0.15) is 28.9 Å². The summed E-state index contributed by atoms with van der Waals surface area (Å²) >= 11 is 0. The molecule has 1 atom stereocenters. The number of pyridine rings is 2. The van der Waals surface area contributed by atoms with Crippen LogP contribution in [0.3, 0.4) is 0 Å². The first kappa shape index (κ1) is 18.2. The maximum Gasteiger partial charge on any atom is 0.280 e. The van der Waals surface area contributed by atoms with Crippen molar-refractivity contribution >= 4 is 6.29 Å². The van der Waals surface area contributed by atoms with E-state index >= 15 is 0 Å². The van der Waals surface area contributed by atoms with Crippen LogP contribution in [0.2, 0.25) is 0 Å². The molecule has 3 heterocycles. The molecular formula is C18H18F2N2O4. The number of rotatable bonds is 7. The average molecular weight is 364 g/mol. The van der Waals surface area contributed by atoms with Crippen molar-refractivity contribution in [2.75, 3.05) is 26.9 Å². The molecule has 8 heteroatoms. The average Bonchev–Trinajstić information content (AvgIpc) is 3.19. The molecule has 3 rings (SSSR count). The zero-order valence-electron chi connectivity index (χ0n) is 14.2. The Labute approximate surface area is 149 Å². The van der Waals surface area contributed by atoms with Gasteiger partial charge in [0.25, 0.3) is 6.43 Å². The summed E-state index contributed by atoms with van der Waals surface area (Å²) in [6, 6.07) is 2.76. The van der Waals surface area contributed by atoms with E-state index in [2.05, 4.69) is 9.97 Å². The van der Waals surface area contributed by atoms with E-state index in [1.54, 1.807) is 6.07 Å². The third-order valence-electron chi connectivity index (χ3n) is 4.15. The summed E-state index contributed by atoms with van der Waals surface area (Å²) in [6.07, 6.45) is 1.35. The van der Waals surface area contributed by atoms with Crippen molar-refractivity contribution in [3.63, 3.8) is 0 Å². The number of hydrogen-bond acceptors (Lipinski definition) is 6. The van der Waals surface area contributed by atoms with Gasteiger partial charge in [0.1, 0.15) is 11.4 Å². The number of ether oxygens (including phenoxy) is 3. The summed E-state index contributed by atoms with van der Waals surface area (Å²) in [5.41, 5.74) is 0.566. The lowest BCUT2D eigenvalue weighted by molar-refractivity contribution is 0.112. The van der Waals surface area contributed by atoms with Crippen LogP contribution in [-0.4, -0.2) is 43.2 Å². The van der Waals surface area contributed by atoms with Crippen molar-refractivity contribution in [1.29, 1.82) is 0 Å². The highest BCUT2D eigenvalue weighted by molar-refractivity contribution is 5.89. The van der Waals surface area contributed by atoms with E-state index < -0.39 is 12.1 Å². The minimum absolute atomic E-state index is 0.242. The summed E-state index contributed by atoms with van der Waals surface area (Å²) in [4.78, 5) is 19.2. The van der Waals surface area contributed by atoms with Gasteiger partial charge in [0, 0.05) is 41.5 Å². The van der Waals surface area contributed by atoms with Crippen LogP contribution in [0, 0.1) is 5.92 Å². The maximum absolute atomic E-state index is 13.0. The molecule has 138 valence electrons. The fraction of sp³-hybridized carbons (Fsp3) is 0.389. The first-order chi connectivity index (χ1) is 12.6. The van der Waals surface area contributed by atoms with E-state index in [4.69, 9.17) is 14.2 Å². The Morgan fingerprint density at radius 1 is 1.31 bits per heavy atom. The van der Waals surface area contributed by atoms with Gasteiger partial charge in [0.05, 0.1) is 26.5 Å². The van der Waals surface area contributed by atoms with E-state index in [-0.39, 0.29) is 17.2 Å². The van der Waals surface area contributed by atoms with Gasteiger partial charge in [-0.05, 0) is 12.5 Å². The van der Waals surface area contributed by atoms with Crippen molar-refractivity contribution in [2.24, 2.45) is 5.92 Å². The first-order valence-electron chi connectivity index (χ1n) is 8.10. The molecule has 0 N–H and O–H groups in total. The first-order valence-corrected chi connectivity index (χ1v) is 8.10. The van der Waals surface area contributed by atoms with Crippen LogP contribution < -0.4 is 9.47 Å². The lowest BCUT2D eigenvalue weighted by Gasteiger charge is -2.14. The lowest BCUT2D eigenvalue weighted by atomic mass is 10.0. The highest BCUT2D eigenvalue weighted by Gasteiger charge is 2.19. The molecular weight excluding hydrogens is 346 g/mol. The zero-order valence-corrected chi connectivity index (χ0v) is 14.2. The molecule has 2 aromatic heterocycles. The fourth-order valence-corrected chi connectivity index (χ4v) is 2.72. The Morgan fingerprint density at radius 2 is 2.15 bits per heavy atom. The predicted octanol–water partition coefficient (Wildman–Crippen LogP) is 3.32. The molecule has 2 aromatic rings.